The molecular formula is C13H17NO4. The van der Waals surface area contributed by atoms with Gasteiger partial charge in [0.1, 0.15) is 5.75 Å². The monoisotopic (exact) mass is 251 g/mol. The molecule has 98 valence electrons. The van der Waals surface area contributed by atoms with Crippen molar-refractivity contribution in [2.24, 2.45) is 0 Å². The third kappa shape index (κ3) is 3.76. The minimum atomic E-state index is -0.472. The number of phenols is 1. The summed E-state index contributed by atoms with van der Waals surface area (Å²) in [6, 6.07) is 6.30. The van der Waals surface area contributed by atoms with Gasteiger partial charge in [0.25, 0.3) is 5.91 Å². The summed E-state index contributed by atoms with van der Waals surface area (Å²) >= 11 is 0. The Morgan fingerprint density at radius 2 is 1.83 bits per heavy atom. The van der Waals surface area contributed by atoms with E-state index < -0.39 is 11.9 Å². The number of carbonyl (C=O) groups is 2. The SMILES string of the molecule is CC(C(=O)OCC(=O)N(C)C)c1ccc(O)cc1. The lowest BCUT2D eigenvalue weighted by molar-refractivity contribution is -0.152. The number of phenolic OH excluding ortho intramolecular Hbond substituents is 1. The zero-order valence-electron chi connectivity index (χ0n) is 10.7. The summed E-state index contributed by atoms with van der Waals surface area (Å²) in [6.45, 7) is 1.43. The van der Waals surface area contributed by atoms with E-state index in [0.29, 0.717) is 0 Å². The van der Waals surface area contributed by atoms with Gasteiger partial charge in [-0.25, -0.2) is 0 Å². The molecule has 0 fully saturated rings. The van der Waals surface area contributed by atoms with E-state index in [1.54, 1.807) is 33.2 Å². The lowest BCUT2D eigenvalue weighted by atomic mass is 10.0. The van der Waals surface area contributed by atoms with Crippen molar-refractivity contribution in [3.63, 3.8) is 0 Å². The van der Waals surface area contributed by atoms with Crippen molar-refractivity contribution in [3.8, 4) is 5.75 Å². The minimum Gasteiger partial charge on any atom is -0.508 e. The highest BCUT2D eigenvalue weighted by atomic mass is 16.5. The van der Waals surface area contributed by atoms with E-state index in [0.717, 1.165) is 5.56 Å². The maximum Gasteiger partial charge on any atom is 0.313 e. The van der Waals surface area contributed by atoms with Crippen LogP contribution in [0, 0.1) is 0 Å². The van der Waals surface area contributed by atoms with Crippen LogP contribution in [0.15, 0.2) is 24.3 Å². The number of benzene rings is 1. The average molecular weight is 251 g/mol. The first-order valence-corrected chi connectivity index (χ1v) is 5.57. The van der Waals surface area contributed by atoms with Crippen molar-refractivity contribution in [1.29, 1.82) is 0 Å². The van der Waals surface area contributed by atoms with Crippen LogP contribution in [0.2, 0.25) is 0 Å². The van der Waals surface area contributed by atoms with Crippen LogP contribution < -0.4 is 0 Å². The second-order valence-corrected chi connectivity index (χ2v) is 4.21. The predicted octanol–water partition coefficient (Wildman–Crippen LogP) is 1.13. The number of hydrogen-bond donors (Lipinski definition) is 1. The first kappa shape index (κ1) is 14.0. The van der Waals surface area contributed by atoms with E-state index in [1.165, 1.54) is 17.0 Å². The molecule has 0 radical (unpaired) electrons. The fraction of sp³-hybridized carbons (Fsp3) is 0.385. The minimum absolute atomic E-state index is 0.141. The number of amides is 1. The number of hydrogen-bond acceptors (Lipinski definition) is 4. The van der Waals surface area contributed by atoms with E-state index in [1.807, 2.05) is 0 Å². The van der Waals surface area contributed by atoms with Crippen molar-refractivity contribution in [1.82, 2.24) is 4.90 Å². The highest BCUT2D eigenvalue weighted by Crippen LogP contribution is 2.19. The summed E-state index contributed by atoms with van der Waals surface area (Å²) in [4.78, 5) is 24.3. The maximum absolute atomic E-state index is 11.7. The lowest BCUT2D eigenvalue weighted by Crippen LogP contribution is -2.28. The number of likely N-dealkylation sites (N-methyl/N-ethyl adjacent to an activating group) is 1. The molecule has 0 aromatic heterocycles. The molecule has 0 saturated carbocycles. The summed E-state index contributed by atoms with van der Waals surface area (Å²) < 4.78 is 4.92. The third-order valence-electron chi connectivity index (χ3n) is 2.58. The van der Waals surface area contributed by atoms with Crippen molar-refractivity contribution in [2.45, 2.75) is 12.8 Å². The second kappa shape index (κ2) is 6.05. The summed E-state index contributed by atoms with van der Waals surface area (Å²) in [5.41, 5.74) is 0.732. The van der Waals surface area contributed by atoms with Gasteiger partial charge in [0.05, 0.1) is 5.92 Å². The largest absolute Gasteiger partial charge is 0.508 e. The first-order valence-electron chi connectivity index (χ1n) is 5.57. The molecule has 18 heavy (non-hydrogen) atoms. The fourth-order valence-electron chi connectivity index (χ4n) is 1.29. The number of esters is 1. The number of nitrogens with zero attached hydrogens (tertiary/aromatic N) is 1. The molecule has 0 aliphatic carbocycles. The van der Waals surface area contributed by atoms with Gasteiger partial charge >= 0.3 is 5.97 Å². The van der Waals surface area contributed by atoms with E-state index in [4.69, 9.17) is 9.84 Å². The number of rotatable bonds is 4. The van der Waals surface area contributed by atoms with Crippen LogP contribution in [0.25, 0.3) is 0 Å². The fourth-order valence-corrected chi connectivity index (χ4v) is 1.29. The van der Waals surface area contributed by atoms with Gasteiger partial charge in [-0.2, -0.15) is 0 Å². The molecule has 1 aromatic carbocycles. The van der Waals surface area contributed by atoms with Crippen LogP contribution >= 0.6 is 0 Å². The van der Waals surface area contributed by atoms with Gasteiger partial charge in [-0.15, -0.1) is 0 Å². The molecule has 0 spiro atoms. The highest BCUT2D eigenvalue weighted by molar-refractivity contribution is 5.83. The quantitative estimate of drug-likeness (QED) is 0.814. The first-order chi connectivity index (χ1) is 8.41. The summed E-state index contributed by atoms with van der Waals surface area (Å²) in [6.07, 6.45) is 0. The Hall–Kier alpha value is -2.04. The second-order valence-electron chi connectivity index (χ2n) is 4.21. The highest BCUT2D eigenvalue weighted by Gasteiger charge is 2.18. The Bertz CT molecular complexity index is 425. The van der Waals surface area contributed by atoms with Crippen molar-refractivity contribution in [2.75, 3.05) is 20.7 Å². The molecule has 5 nitrogen and oxygen atoms in total. The molecule has 0 bridgehead atoms. The summed E-state index contributed by atoms with van der Waals surface area (Å²) in [5, 5.41) is 9.15. The van der Waals surface area contributed by atoms with Gasteiger partial charge in [0.15, 0.2) is 6.61 Å². The Labute approximate surface area is 106 Å². The van der Waals surface area contributed by atoms with Gasteiger partial charge in [-0.3, -0.25) is 9.59 Å². The van der Waals surface area contributed by atoms with Gasteiger partial charge in [-0.05, 0) is 24.6 Å². The molecule has 5 heteroatoms. The van der Waals surface area contributed by atoms with E-state index in [2.05, 4.69) is 0 Å². The van der Waals surface area contributed by atoms with Crippen LogP contribution in [0.1, 0.15) is 18.4 Å². The van der Waals surface area contributed by atoms with Crippen LogP contribution in [0.4, 0.5) is 0 Å². The summed E-state index contributed by atoms with van der Waals surface area (Å²) in [7, 11) is 3.19. The third-order valence-corrected chi connectivity index (χ3v) is 2.58. The van der Waals surface area contributed by atoms with Crippen LogP contribution in [0.3, 0.4) is 0 Å². The molecule has 0 aliphatic heterocycles. The molecule has 1 atom stereocenters. The number of carbonyl (C=O) groups excluding carboxylic acids is 2. The van der Waals surface area contributed by atoms with E-state index in [-0.39, 0.29) is 18.3 Å². The molecule has 0 aliphatic rings. The van der Waals surface area contributed by atoms with Crippen molar-refractivity contribution in [3.05, 3.63) is 29.8 Å². The normalized spacial score (nSPS) is 11.7. The average Bonchev–Trinajstić information content (AvgIpc) is 2.35. The zero-order chi connectivity index (χ0) is 13.7. The van der Waals surface area contributed by atoms with Crippen molar-refractivity contribution < 1.29 is 19.4 Å². The zero-order valence-corrected chi connectivity index (χ0v) is 10.7. The Kier molecular flexibility index (Phi) is 4.71. The number of ether oxygens (including phenoxy) is 1. The molecule has 0 saturated heterocycles. The van der Waals surface area contributed by atoms with Crippen LogP contribution in [-0.2, 0) is 14.3 Å². The van der Waals surface area contributed by atoms with E-state index >= 15 is 0 Å². The molecule has 1 aromatic rings. The predicted molar refractivity (Wildman–Crippen MR) is 66.2 cm³/mol. The smallest absolute Gasteiger partial charge is 0.313 e. The molecule has 0 heterocycles. The molecule has 1 rings (SSSR count). The van der Waals surface area contributed by atoms with E-state index in [9.17, 15) is 9.59 Å². The Morgan fingerprint density at radius 3 is 2.33 bits per heavy atom. The van der Waals surface area contributed by atoms with Gasteiger partial charge < -0.3 is 14.7 Å². The molecule has 1 amide bonds. The van der Waals surface area contributed by atoms with Crippen LogP contribution in [0.5, 0.6) is 5.75 Å². The standard InChI is InChI=1S/C13H17NO4/c1-9(10-4-6-11(15)7-5-10)13(17)18-8-12(16)14(2)3/h4-7,9,15H,8H2,1-3H3. The Balaban J connectivity index is 2.56. The van der Waals surface area contributed by atoms with Crippen LogP contribution in [-0.4, -0.2) is 42.6 Å². The lowest BCUT2D eigenvalue weighted by Gasteiger charge is -2.14. The van der Waals surface area contributed by atoms with Crippen molar-refractivity contribution >= 4 is 11.9 Å². The van der Waals surface area contributed by atoms with Gasteiger partial charge in [-0.1, -0.05) is 12.1 Å². The molecular weight excluding hydrogens is 234 g/mol. The van der Waals surface area contributed by atoms with Gasteiger partial charge in [0.2, 0.25) is 0 Å². The molecule has 1 N–H and O–H groups in total. The Morgan fingerprint density at radius 1 is 1.28 bits per heavy atom. The van der Waals surface area contributed by atoms with Gasteiger partial charge in [0, 0.05) is 14.1 Å². The molecule has 1 unspecified atom stereocenters. The maximum atomic E-state index is 11.7. The number of aromatic hydroxyl groups is 1. The summed E-state index contributed by atoms with van der Waals surface area (Å²) in [5.74, 6) is -1.06. The topological polar surface area (TPSA) is 66.8 Å².